The number of benzene rings is 1. The number of halogens is 2. The number of carboxylic acids is 1. The molecular formula is C14H15F2NO5. The summed E-state index contributed by atoms with van der Waals surface area (Å²) in [5.41, 5.74) is -1.66. The maximum Gasteiger partial charge on any atom is 0.387 e. The van der Waals surface area contributed by atoms with E-state index in [-0.39, 0.29) is 37.2 Å². The molecule has 1 saturated heterocycles. The molecule has 22 heavy (non-hydrogen) atoms. The molecule has 0 unspecified atom stereocenters. The molecule has 0 aromatic heterocycles. The van der Waals surface area contributed by atoms with Gasteiger partial charge in [0.05, 0.1) is 0 Å². The predicted octanol–water partition coefficient (Wildman–Crippen LogP) is 1.34. The summed E-state index contributed by atoms with van der Waals surface area (Å²) >= 11 is 0. The van der Waals surface area contributed by atoms with Crippen LogP contribution in [0.1, 0.15) is 23.2 Å². The summed E-state index contributed by atoms with van der Waals surface area (Å²) in [6.45, 7) is -2.84. The molecule has 0 aliphatic carbocycles. The zero-order valence-electron chi connectivity index (χ0n) is 11.5. The fraction of sp³-hybridized carbons (Fsp3) is 0.429. The van der Waals surface area contributed by atoms with Crippen molar-refractivity contribution in [1.82, 2.24) is 4.90 Å². The standard InChI is InChI=1S/C14H15F2NO5/c15-13(16)22-10-3-1-2-9(8-10)11(18)17-6-4-14(21,5-7-17)12(19)20/h1-3,8,13,21H,4-7H2,(H,19,20). The number of rotatable bonds is 4. The number of hydrogen-bond acceptors (Lipinski definition) is 4. The highest BCUT2D eigenvalue weighted by molar-refractivity contribution is 5.94. The number of amides is 1. The molecule has 1 aromatic rings. The van der Waals surface area contributed by atoms with Crippen LogP contribution in [0.3, 0.4) is 0 Å². The first-order valence-corrected chi connectivity index (χ1v) is 6.62. The average Bonchev–Trinajstić information content (AvgIpc) is 2.47. The number of alkyl halides is 2. The van der Waals surface area contributed by atoms with Crippen molar-refractivity contribution in [2.45, 2.75) is 25.1 Å². The molecule has 6 nitrogen and oxygen atoms in total. The number of carbonyl (C=O) groups is 2. The monoisotopic (exact) mass is 315 g/mol. The number of carbonyl (C=O) groups excluding carboxylic acids is 1. The normalized spacial score (nSPS) is 17.4. The molecule has 0 radical (unpaired) electrons. The molecule has 0 bridgehead atoms. The largest absolute Gasteiger partial charge is 0.479 e. The lowest BCUT2D eigenvalue weighted by Crippen LogP contribution is -2.50. The Morgan fingerprint density at radius 3 is 2.45 bits per heavy atom. The first-order chi connectivity index (χ1) is 10.3. The molecule has 8 heteroatoms. The predicted molar refractivity (Wildman–Crippen MR) is 70.8 cm³/mol. The van der Waals surface area contributed by atoms with E-state index in [4.69, 9.17) is 5.11 Å². The van der Waals surface area contributed by atoms with E-state index in [1.54, 1.807) is 0 Å². The molecule has 1 amide bonds. The summed E-state index contributed by atoms with van der Waals surface area (Å²) in [6.07, 6.45) is -0.164. The molecule has 1 heterocycles. The third kappa shape index (κ3) is 3.51. The minimum Gasteiger partial charge on any atom is -0.479 e. The summed E-state index contributed by atoms with van der Waals surface area (Å²) in [5, 5.41) is 18.7. The molecule has 2 N–H and O–H groups in total. The van der Waals surface area contributed by atoms with Crippen molar-refractivity contribution in [3.8, 4) is 5.75 Å². The minimum atomic E-state index is -2.98. The van der Waals surface area contributed by atoms with Gasteiger partial charge in [-0.15, -0.1) is 0 Å². The topological polar surface area (TPSA) is 87.1 Å². The summed E-state index contributed by atoms with van der Waals surface area (Å²) in [7, 11) is 0. The molecule has 0 saturated carbocycles. The van der Waals surface area contributed by atoms with Crippen molar-refractivity contribution in [3.63, 3.8) is 0 Å². The van der Waals surface area contributed by atoms with Crippen LogP contribution in [0.5, 0.6) is 5.75 Å². The molecule has 1 aliphatic rings. The summed E-state index contributed by atoms with van der Waals surface area (Å²) < 4.78 is 28.6. The Kier molecular flexibility index (Phi) is 4.60. The zero-order valence-corrected chi connectivity index (χ0v) is 11.5. The number of ether oxygens (including phenoxy) is 1. The molecule has 1 aromatic carbocycles. The number of piperidine rings is 1. The average molecular weight is 315 g/mol. The van der Waals surface area contributed by atoms with Gasteiger partial charge in [0, 0.05) is 31.5 Å². The molecule has 0 spiro atoms. The number of carboxylic acid groups (broad SMARTS) is 1. The van der Waals surface area contributed by atoms with Crippen LogP contribution in [0.4, 0.5) is 8.78 Å². The van der Waals surface area contributed by atoms with Crippen LogP contribution in [-0.4, -0.2) is 52.3 Å². The second-order valence-corrected chi connectivity index (χ2v) is 5.04. The number of hydrogen-bond donors (Lipinski definition) is 2. The van der Waals surface area contributed by atoms with Gasteiger partial charge in [0.15, 0.2) is 5.60 Å². The summed E-state index contributed by atoms with van der Waals surface area (Å²) in [4.78, 5) is 24.6. The zero-order chi connectivity index (χ0) is 16.3. The molecular weight excluding hydrogens is 300 g/mol. The Bertz CT molecular complexity index is 570. The fourth-order valence-corrected chi connectivity index (χ4v) is 2.28. The van der Waals surface area contributed by atoms with E-state index in [2.05, 4.69) is 4.74 Å². The summed E-state index contributed by atoms with van der Waals surface area (Å²) in [6, 6.07) is 5.38. The molecule has 1 fully saturated rings. The third-order valence-electron chi connectivity index (χ3n) is 3.58. The van der Waals surface area contributed by atoms with E-state index >= 15 is 0 Å². The van der Waals surface area contributed by atoms with Gasteiger partial charge in [-0.3, -0.25) is 4.79 Å². The second-order valence-electron chi connectivity index (χ2n) is 5.04. The lowest BCUT2D eigenvalue weighted by molar-refractivity contribution is -0.162. The third-order valence-corrected chi connectivity index (χ3v) is 3.58. The Morgan fingerprint density at radius 2 is 1.91 bits per heavy atom. The van der Waals surface area contributed by atoms with E-state index in [0.717, 1.165) is 0 Å². The number of likely N-dealkylation sites (tertiary alicyclic amines) is 1. The SMILES string of the molecule is O=C(c1cccc(OC(F)F)c1)N1CCC(O)(C(=O)O)CC1. The van der Waals surface area contributed by atoms with Crippen molar-refractivity contribution in [2.75, 3.05) is 13.1 Å². The Morgan fingerprint density at radius 1 is 1.27 bits per heavy atom. The van der Waals surface area contributed by atoms with Crippen LogP contribution < -0.4 is 4.74 Å². The van der Waals surface area contributed by atoms with Gasteiger partial charge < -0.3 is 19.8 Å². The Hall–Kier alpha value is -2.22. The van der Waals surface area contributed by atoms with Crippen LogP contribution in [0.2, 0.25) is 0 Å². The van der Waals surface area contributed by atoms with Crippen molar-refractivity contribution in [3.05, 3.63) is 29.8 Å². The van der Waals surface area contributed by atoms with E-state index in [1.165, 1.54) is 29.2 Å². The van der Waals surface area contributed by atoms with Crippen molar-refractivity contribution >= 4 is 11.9 Å². The number of aliphatic hydroxyl groups is 1. The molecule has 0 atom stereocenters. The second kappa shape index (κ2) is 6.27. The van der Waals surface area contributed by atoms with Crippen LogP contribution >= 0.6 is 0 Å². The fourth-order valence-electron chi connectivity index (χ4n) is 2.28. The first-order valence-electron chi connectivity index (χ1n) is 6.62. The van der Waals surface area contributed by atoms with E-state index in [9.17, 15) is 23.5 Å². The maximum absolute atomic E-state index is 12.3. The van der Waals surface area contributed by atoms with Gasteiger partial charge in [0.1, 0.15) is 5.75 Å². The lowest BCUT2D eigenvalue weighted by atomic mass is 9.91. The highest BCUT2D eigenvalue weighted by Gasteiger charge is 2.40. The van der Waals surface area contributed by atoms with Gasteiger partial charge >= 0.3 is 12.6 Å². The number of nitrogens with zero attached hydrogens (tertiary/aromatic N) is 1. The quantitative estimate of drug-likeness (QED) is 0.875. The number of aliphatic carboxylic acids is 1. The highest BCUT2D eigenvalue weighted by atomic mass is 19.3. The van der Waals surface area contributed by atoms with Gasteiger partial charge in [-0.2, -0.15) is 8.78 Å². The van der Waals surface area contributed by atoms with Gasteiger partial charge in [-0.1, -0.05) is 6.07 Å². The van der Waals surface area contributed by atoms with Gasteiger partial charge in [0.2, 0.25) is 0 Å². The van der Waals surface area contributed by atoms with Crippen molar-refractivity contribution in [1.29, 1.82) is 0 Å². The molecule has 2 rings (SSSR count). The van der Waals surface area contributed by atoms with Crippen LogP contribution in [0.25, 0.3) is 0 Å². The van der Waals surface area contributed by atoms with Crippen LogP contribution in [0.15, 0.2) is 24.3 Å². The molecule has 120 valence electrons. The van der Waals surface area contributed by atoms with E-state index in [0.29, 0.717) is 0 Å². The van der Waals surface area contributed by atoms with E-state index in [1.807, 2.05) is 0 Å². The van der Waals surface area contributed by atoms with E-state index < -0.39 is 24.1 Å². The smallest absolute Gasteiger partial charge is 0.387 e. The van der Waals surface area contributed by atoms with Crippen LogP contribution in [0, 0.1) is 0 Å². The minimum absolute atomic E-state index is 0.0710. The molecule has 1 aliphatic heterocycles. The Balaban J connectivity index is 2.05. The Labute approximate surface area is 124 Å². The lowest BCUT2D eigenvalue weighted by Gasteiger charge is -2.35. The van der Waals surface area contributed by atoms with Gasteiger partial charge in [-0.25, -0.2) is 4.79 Å². The van der Waals surface area contributed by atoms with Crippen LogP contribution in [-0.2, 0) is 4.79 Å². The summed E-state index contributed by atoms with van der Waals surface area (Å²) in [5.74, 6) is -1.86. The highest BCUT2D eigenvalue weighted by Crippen LogP contribution is 2.24. The van der Waals surface area contributed by atoms with Crippen molar-refractivity contribution < 1.29 is 33.3 Å². The van der Waals surface area contributed by atoms with Gasteiger partial charge in [-0.05, 0) is 18.2 Å². The first kappa shape index (κ1) is 16.2. The maximum atomic E-state index is 12.3. The van der Waals surface area contributed by atoms with Crippen molar-refractivity contribution in [2.24, 2.45) is 0 Å². The van der Waals surface area contributed by atoms with Gasteiger partial charge in [0.25, 0.3) is 5.91 Å².